The summed E-state index contributed by atoms with van der Waals surface area (Å²) < 4.78 is 5.55. The zero-order valence-corrected chi connectivity index (χ0v) is 8.98. The van der Waals surface area contributed by atoms with E-state index < -0.39 is 0 Å². The van der Waals surface area contributed by atoms with Crippen LogP contribution in [0.4, 0.5) is 0 Å². The fraction of sp³-hybridized carbons (Fsp3) is 1.00. The Labute approximate surface area is 72.1 Å². The molecule has 0 aromatic rings. The summed E-state index contributed by atoms with van der Waals surface area (Å²) in [6, 6.07) is 0. The highest BCUT2D eigenvalue weighted by molar-refractivity contribution is 4.50. The van der Waals surface area contributed by atoms with Crippen LogP contribution >= 0.6 is 0 Å². The van der Waals surface area contributed by atoms with Crippen LogP contribution in [0.25, 0.3) is 0 Å². The molecular formula is C10H24O. The molecule has 0 aromatic carbocycles. The van der Waals surface area contributed by atoms with Crippen molar-refractivity contribution in [1.82, 2.24) is 0 Å². The summed E-state index contributed by atoms with van der Waals surface area (Å²) in [4.78, 5) is 0. The smallest absolute Gasteiger partial charge is 0.0548 e. The quantitative estimate of drug-likeness (QED) is 0.610. The molecule has 0 aliphatic heterocycles. The molecule has 0 amide bonds. The number of hydrogen-bond acceptors (Lipinski definition) is 1. The third-order valence-electron chi connectivity index (χ3n) is 1.61. The first kappa shape index (κ1) is 13.5. The SMILES string of the molecule is CC.CCC(C)OC(C)CC. The second kappa shape index (κ2) is 9.96. The summed E-state index contributed by atoms with van der Waals surface area (Å²) in [6.45, 7) is 12.5. The molecule has 0 spiro atoms. The van der Waals surface area contributed by atoms with E-state index in [2.05, 4.69) is 27.7 Å². The van der Waals surface area contributed by atoms with Crippen molar-refractivity contribution < 1.29 is 4.74 Å². The van der Waals surface area contributed by atoms with Crippen molar-refractivity contribution in [2.45, 2.75) is 66.6 Å². The van der Waals surface area contributed by atoms with Gasteiger partial charge in [0.2, 0.25) is 0 Å². The van der Waals surface area contributed by atoms with E-state index in [0.717, 1.165) is 12.8 Å². The molecule has 0 saturated carbocycles. The van der Waals surface area contributed by atoms with Crippen LogP contribution in [0.3, 0.4) is 0 Å². The van der Waals surface area contributed by atoms with E-state index in [9.17, 15) is 0 Å². The molecule has 1 heteroatoms. The van der Waals surface area contributed by atoms with Gasteiger partial charge in [-0.3, -0.25) is 0 Å². The molecule has 0 fully saturated rings. The monoisotopic (exact) mass is 160 g/mol. The van der Waals surface area contributed by atoms with Crippen LogP contribution in [0.2, 0.25) is 0 Å². The molecular weight excluding hydrogens is 136 g/mol. The van der Waals surface area contributed by atoms with Crippen LogP contribution in [0.15, 0.2) is 0 Å². The van der Waals surface area contributed by atoms with Gasteiger partial charge in [0.05, 0.1) is 12.2 Å². The van der Waals surface area contributed by atoms with Crippen molar-refractivity contribution in [3.05, 3.63) is 0 Å². The largest absolute Gasteiger partial charge is 0.376 e. The summed E-state index contributed by atoms with van der Waals surface area (Å²) in [5.74, 6) is 0. The maximum Gasteiger partial charge on any atom is 0.0548 e. The van der Waals surface area contributed by atoms with Crippen LogP contribution in [0, 0.1) is 0 Å². The summed E-state index contributed by atoms with van der Waals surface area (Å²) in [5.41, 5.74) is 0. The molecule has 0 bridgehead atoms. The lowest BCUT2D eigenvalue weighted by Gasteiger charge is -2.15. The van der Waals surface area contributed by atoms with Crippen molar-refractivity contribution in [1.29, 1.82) is 0 Å². The van der Waals surface area contributed by atoms with Gasteiger partial charge in [-0.05, 0) is 26.7 Å². The molecule has 0 aromatic heterocycles. The summed E-state index contributed by atoms with van der Waals surface area (Å²) >= 11 is 0. The second-order valence-corrected chi connectivity index (χ2v) is 2.57. The molecule has 0 aliphatic carbocycles. The van der Waals surface area contributed by atoms with Crippen LogP contribution in [-0.4, -0.2) is 12.2 Å². The Morgan fingerprint density at radius 1 is 0.909 bits per heavy atom. The lowest BCUT2D eigenvalue weighted by Crippen LogP contribution is -2.14. The molecule has 1 nitrogen and oxygen atoms in total. The average molecular weight is 160 g/mol. The highest BCUT2D eigenvalue weighted by atomic mass is 16.5. The van der Waals surface area contributed by atoms with E-state index in [1.807, 2.05) is 13.8 Å². The molecule has 0 aliphatic rings. The lowest BCUT2D eigenvalue weighted by molar-refractivity contribution is 0.00511. The highest BCUT2D eigenvalue weighted by Gasteiger charge is 2.02. The Hall–Kier alpha value is -0.0400. The first-order chi connectivity index (χ1) is 5.20. The van der Waals surface area contributed by atoms with Gasteiger partial charge in [0.25, 0.3) is 0 Å². The van der Waals surface area contributed by atoms with Crippen LogP contribution < -0.4 is 0 Å². The van der Waals surface area contributed by atoms with Gasteiger partial charge in [-0.25, -0.2) is 0 Å². The number of rotatable bonds is 4. The molecule has 0 N–H and O–H groups in total. The topological polar surface area (TPSA) is 9.23 Å². The Morgan fingerprint density at radius 3 is 1.36 bits per heavy atom. The lowest BCUT2D eigenvalue weighted by atomic mass is 10.3. The molecule has 11 heavy (non-hydrogen) atoms. The average Bonchev–Trinajstić information content (AvgIpc) is 2.07. The molecule has 2 atom stereocenters. The molecule has 2 unspecified atom stereocenters. The Morgan fingerprint density at radius 2 is 1.18 bits per heavy atom. The Kier molecular flexibility index (Phi) is 12.3. The number of ether oxygens (including phenoxy) is 1. The Bertz CT molecular complexity index is 53.9. The van der Waals surface area contributed by atoms with Gasteiger partial charge in [-0.2, -0.15) is 0 Å². The van der Waals surface area contributed by atoms with Crippen LogP contribution in [-0.2, 0) is 4.74 Å². The van der Waals surface area contributed by atoms with Crippen molar-refractivity contribution >= 4 is 0 Å². The van der Waals surface area contributed by atoms with Gasteiger partial charge < -0.3 is 4.74 Å². The molecule has 0 heterocycles. The Balaban J connectivity index is 0. The third-order valence-corrected chi connectivity index (χ3v) is 1.61. The van der Waals surface area contributed by atoms with Gasteiger partial charge >= 0.3 is 0 Å². The van der Waals surface area contributed by atoms with Gasteiger partial charge in [-0.15, -0.1) is 0 Å². The van der Waals surface area contributed by atoms with Crippen LogP contribution in [0.1, 0.15) is 54.4 Å². The van der Waals surface area contributed by atoms with Gasteiger partial charge in [0.15, 0.2) is 0 Å². The summed E-state index contributed by atoms with van der Waals surface area (Å²) in [5, 5.41) is 0. The van der Waals surface area contributed by atoms with E-state index in [1.165, 1.54) is 0 Å². The number of hydrogen-bond donors (Lipinski definition) is 0. The van der Waals surface area contributed by atoms with E-state index >= 15 is 0 Å². The molecule has 0 rings (SSSR count). The molecule has 0 radical (unpaired) electrons. The summed E-state index contributed by atoms with van der Waals surface area (Å²) in [6.07, 6.45) is 3.09. The highest BCUT2D eigenvalue weighted by Crippen LogP contribution is 2.03. The first-order valence-electron chi connectivity index (χ1n) is 4.86. The van der Waals surface area contributed by atoms with Crippen molar-refractivity contribution in [2.75, 3.05) is 0 Å². The maximum absolute atomic E-state index is 5.55. The molecule has 0 saturated heterocycles. The standard InChI is InChI=1S/C8H18O.C2H6/c1-5-7(3)9-8(4)6-2;1-2/h7-8H,5-6H2,1-4H3;1-2H3. The maximum atomic E-state index is 5.55. The van der Waals surface area contributed by atoms with E-state index in [-0.39, 0.29) is 0 Å². The second-order valence-electron chi connectivity index (χ2n) is 2.57. The van der Waals surface area contributed by atoms with E-state index in [0.29, 0.717) is 12.2 Å². The zero-order chi connectivity index (χ0) is 9.28. The fourth-order valence-electron chi connectivity index (χ4n) is 0.589. The van der Waals surface area contributed by atoms with Gasteiger partial charge in [0, 0.05) is 0 Å². The van der Waals surface area contributed by atoms with Crippen LogP contribution in [0.5, 0.6) is 0 Å². The predicted octanol–water partition coefficient (Wildman–Crippen LogP) is 3.63. The van der Waals surface area contributed by atoms with E-state index in [4.69, 9.17) is 4.74 Å². The van der Waals surface area contributed by atoms with Crippen molar-refractivity contribution in [3.63, 3.8) is 0 Å². The predicted molar refractivity (Wildman–Crippen MR) is 51.9 cm³/mol. The van der Waals surface area contributed by atoms with E-state index in [1.54, 1.807) is 0 Å². The third kappa shape index (κ3) is 9.96. The molecule has 70 valence electrons. The van der Waals surface area contributed by atoms with Gasteiger partial charge in [0.1, 0.15) is 0 Å². The van der Waals surface area contributed by atoms with Gasteiger partial charge in [-0.1, -0.05) is 27.7 Å². The fourth-order valence-corrected chi connectivity index (χ4v) is 0.589. The minimum atomic E-state index is 0.431. The minimum absolute atomic E-state index is 0.431. The normalized spacial score (nSPS) is 14.7. The zero-order valence-electron chi connectivity index (χ0n) is 8.98. The van der Waals surface area contributed by atoms with Crippen molar-refractivity contribution in [3.8, 4) is 0 Å². The minimum Gasteiger partial charge on any atom is -0.376 e. The summed E-state index contributed by atoms with van der Waals surface area (Å²) in [7, 11) is 0. The first-order valence-corrected chi connectivity index (χ1v) is 4.86. The van der Waals surface area contributed by atoms with Crippen molar-refractivity contribution in [2.24, 2.45) is 0 Å².